The van der Waals surface area contributed by atoms with E-state index in [1.165, 1.54) is 35.1 Å². The number of hydrogen-bond donors (Lipinski definition) is 1. The fourth-order valence-corrected chi connectivity index (χ4v) is 3.35. The van der Waals surface area contributed by atoms with E-state index in [1.807, 2.05) is 0 Å². The summed E-state index contributed by atoms with van der Waals surface area (Å²) in [5, 5.41) is 9.81. The molecule has 0 amide bonds. The van der Waals surface area contributed by atoms with Gasteiger partial charge < -0.3 is 9.84 Å². The minimum Gasteiger partial charge on any atom is -0.495 e. The van der Waals surface area contributed by atoms with Crippen molar-refractivity contribution in [3.8, 4) is 5.75 Å². The van der Waals surface area contributed by atoms with E-state index in [-0.39, 0.29) is 6.61 Å². The average molecular weight is 269 g/mol. The van der Waals surface area contributed by atoms with Gasteiger partial charge in [-0.3, -0.25) is 0 Å². The van der Waals surface area contributed by atoms with Crippen LogP contribution in [0.1, 0.15) is 41.5 Å². The van der Waals surface area contributed by atoms with Crippen LogP contribution in [-0.4, -0.2) is 18.8 Å². The van der Waals surface area contributed by atoms with Crippen molar-refractivity contribution in [2.24, 2.45) is 0 Å². The van der Waals surface area contributed by atoms with Crippen LogP contribution in [0.15, 0.2) is 0 Å². The van der Waals surface area contributed by atoms with Crippen LogP contribution in [0.3, 0.4) is 0 Å². The predicted octanol–water partition coefficient (Wildman–Crippen LogP) is 3.46. The lowest BCUT2D eigenvalue weighted by Crippen LogP contribution is -2.10. The zero-order valence-electron chi connectivity index (χ0n) is 11.2. The second-order valence-electron chi connectivity index (χ2n) is 4.94. The highest BCUT2D eigenvalue weighted by molar-refractivity contribution is 6.33. The SMILES string of the molecule is COc1c(Cl)c2c(c(C)c1CCCO)CCCC2. The maximum absolute atomic E-state index is 9.02. The Morgan fingerprint density at radius 1 is 1.22 bits per heavy atom. The minimum atomic E-state index is 0.206. The second-order valence-corrected chi connectivity index (χ2v) is 5.32. The fourth-order valence-electron chi connectivity index (χ4n) is 2.95. The molecule has 1 N–H and O–H groups in total. The highest BCUT2D eigenvalue weighted by atomic mass is 35.5. The first kappa shape index (κ1) is 13.7. The number of aliphatic hydroxyl groups excluding tert-OH is 1. The van der Waals surface area contributed by atoms with Crippen molar-refractivity contribution in [1.82, 2.24) is 0 Å². The molecule has 0 unspecified atom stereocenters. The monoisotopic (exact) mass is 268 g/mol. The van der Waals surface area contributed by atoms with E-state index in [4.69, 9.17) is 21.4 Å². The van der Waals surface area contributed by atoms with Gasteiger partial charge in [0, 0.05) is 6.61 Å². The number of halogens is 1. The lowest BCUT2D eigenvalue weighted by atomic mass is 9.85. The van der Waals surface area contributed by atoms with E-state index in [1.54, 1.807) is 7.11 Å². The maximum atomic E-state index is 9.02. The Bertz CT molecular complexity index is 441. The predicted molar refractivity (Wildman–Crippen MR) is 74.8 cm³/mol. The highest BCUT2D eigenvalue weighted by Gasteiger charge is 2.22. The quantitative estimate of drug-likeness (QED) is 0.906. The Morgan fingerprint density at radius 2 is 1.89 bits per heavy atom. The van der Waals surface area contributed by atoms with Gasteiger partial charge in [-0.1, -0.05) is 11.6 Å². The standard InChI is InChI=1S/C15H21ClO2/c1-10-11-6-3-4-7-13(11)14(16)15(18-2)12(10)8-5-9-17/h17H,3-9H2,1-2H3. The first-order valence-corrected chi connectivity index (χ1v) is 7.06. The molecule has 1 aromatic rings. The Balaban J connectivity index is 2.53. The molecule has 0 aromatic heterocycles. The van der Waals surface area contributed by atoms with Gasteiger partial charge in [0.05, 0.1) is 12.1 Å². The molecule has 1 aliphatic rings. The first-order chi connectivity index (χ1) is 8.70. The Kier molecular flexibility index (Phi) is 4.52. The van der Waals surface area contributed by atoms with Crippen LogP contribution in [0.2, 0.25) is 5.02 Å². The molecule has 18 heavy (non-hydrogen) atoms. The van der Waals surface area contributed by atoms with Gasteiger partial charge in [-0.15, -0.1) is 0 Å². The molecule has 0 aliphatic heterocycles. The van der Waals surface area contributed by atoms with Gasteiger partial charge in [0.25, 0.3) is 0 Å². The third kappa shape index (κ3) is 2.36. The van der Waals surface area contributed by atoms with Gasteiger partial charge >= 0.3 is 0 Å². The van der Waals surface area contributed by atoms with E-state index in [0.29, 0.717) is 0 Å². The Hall–Kier alpha value is -0.730. The molecular formula is C15H21ClO2. The summed E-state index contributed by atoms with van der Waals surface area (Å²) in [6.45, 7) is 2.37. The molecule has 1 aromatic carbocycles. The number of ether oxygens (including phenoxy) is 1. The van der Waals surface area contributed by atoms with Gasteiger partial charge in [0.15, 0.2) is 0 Å². The third-order valence-corrected chi connectivity index (χ3v) is 4.30. The molecule has 0 spiro atoms. The molecule has 2 rings (SSSR count). The summed E-state index contributed by atoms with van der Waals surface area (Å²) in [6, 6.07) is 0. The van der Waals surface area contributed by atoms with Crippen LogP contribution < -0.4 is 4.74 Å². The van der Waals surface area contributed by atoms with Crippen LogP contribution in [-0.2, 0) is 19.3 Å². The smallest absolute Gasteiger partial charge is 0.141 e. The van der Waals surface area contributed by atoms with Crippen molar-refractivity contribution in [2.45, 2.75) is 45.4 Å². The number of benzene rings is 1. The summed E-state index contributed by atoms with van der Waals surface area (Å²) >= 11 is 6.50. The molecule has 0 saturated heterocycles. The summed E-state index contributed by atoms with van der Waals surface area (Å²) in [7, 11) is 1.68. The number of hydrogen-bond acceptors (Lipinski definition) is 2. The molecular weight excluding hydrogens is 248 g/mol. The van der Waals surface area contributed by atoms with E-state index in [0.717, 1.165) is 36.5 Å². The average Bonchev–Trinajstić information content (AvgIpc) is 2.41. The number of rotatable bonds is 4. The van der Waals surface area contributed by atoms with E-state index < -0.39 is 0 Å². The zero-order valence-corrected chi connectivity index (χ0v) is 11.9. The third-order valence-electron chi connectivity index (χ3n) is 3.90. The van der Waals surface area contributed by atoms with E-state index >= 15 is 0 Å². The highest BCUT2D eigenvalue weighted by Crippen LogP contribution is 2.41. The van der Waals surface area contributed by atoms with Crippen LogP contribution in [0, 0.1) is 6.92 Å². The lowest BCUT2D eigenvalue weighted by Gasteiger charge is -2.24. The lowest BCUT2D eigenvalue weighted by molar-refractivity contribution is 0.287. The van der Waals surface area contributed by atoms with Crippen LogP contribution >= 0.6 is 11.6 Å². The van der Waals surface area contributed by atoms with Gasteiger partial charge in [-0.05, 0) is 67.7 Å². The molecule has 100 valence electrons. The number of methoxy groups -OCH3 is 1. The van der Waals surface area contributed by atoms with E-state index in [9.17, 15) is 0 Å². The molecule has 0 radical (unpaired) electrons. The first-order valence-electron chi connectivity index (χ1n) is 6.68. The molecule has 0 atom stereocenters. The Labute approximate surface area is 114 Å². The fraction of sp³-hybridized carbons (Fsp3) is 0.600. The summed E-state index contributed by atoms with van der Waals surface area (Å²) < 4.78 is 5.51. The van der Waals surface area contributed by atoms with Crippen molar-refractivity contribution in [1.29, 1.82) is 0 Å². The van der Waals surface area contributed by atoms with Crippen LogP contribution in [0.4, 0.5) is 0 Å². The molecule has 2 nitrogen and oxygen atoms in total. The Morgan fingerprint density at radius 3 is 2.50 bits per heavy atom. The molecule has 0 heterocycles. The van der Waals surface area contributed by atoms with Crippen molar-refractivity contribution >= 4 is 11.6 Å². The summed E-state index contributed by atoms with van der Waals surface area (Å²) in [4.78, 5) is 0. The maximum Gasteiger partial charge on any atom is 0.141 e. The molecule has 0 fully saturated rings. The molecule has 1 aliphatic carbocycles. The topological polar surface area (TPSA) is 29.5 Å². The second kappa shape index (κ2) is 5.94. The normalized spacial score (nSPS) is 14.4. The van der Waals surface area contributed by atoms with Crippen molar-refractivity contribution in [2.75, 3.05) is 13.7 Å². The van der Waals surface area contributed by atoms with Crippen molar-refractivity contribution in [3.63, 3.8) is 0 Å². The van der Waals surface area contributed by atoms with Gasteiger partial charge in [0.1, 0.15) is 5.75 Å². The van der Waals surface area contributed by atoms with Gasteiger partial charge in [0.2, 0.25) is 0 Å². The summed E-state index contributed by atoms with van der Waals surface area (Å²) in [6.07, 6.45) is 6.23. The van der Waals surface area contributed by atoms with Crippen molar-refractivity contribution in [3.05, 3.63) is 27.3 Å². The largest absolute Gasteiger partial charge is 0.495 e. The number of fused-ring (bicyclic) bond motifs is 1. The zero-order chi connectivity index (χ0) is 13.1. The number of aliphatic hydroxyl groups is 1. The molecule has 3 heteroatoms. The van der Waals surface area contributed by atoms with Crippen LogP contribution in [0.25, 0.3) is 0 Å². The molecule has 0 bridgehead atoms. The summed E-state index contributed by atoms with van der Waals surface area (Å²) in [5.41, 5.74) is 5.20. The van der Waals surface area contributed by atoms with Crippen molar-refractivity contribution < 1.29 is 9.84 Å². The van der Waals surface area contributed by atoms with Gasteiger partial charge in [-0.25, -0.2) is 0 Å². The van der Waals surface area contributed by atoms with E-state index in [2.05, 4.69) is 6.92 Å². The van der Waals surface area contributed by atoms with Gasteiger partial charge in [-0.2, -0.15) is 0 Å². The molecule has 0 saturated carbocycles. The summed E-state index contributed by atoms with van der Waals surface area (Å²) in [5.74, 6) is 0.822. The van der Waals surface area contributed by atoms with Crippen LogP contribution in [0.5, 0.6) is 5.75 Å². The minimum absolute atomic E-state index is 0.206.